The Balaban J connectivity index is 2.72. The van der Waals surface area contributed by atoms with Crippen molar-refractivity contribution >= 4 is 5.91 Å². The zero-order valence-electron chi connectivity index (χ0n) is 13.8. The van der Waals surface area contributed by atoms with Gasteiger partial charge in [-0.1, -0.05) is 32.0 Å². The summed E-state index contributed by atoms with van der Waals surface area (Å²) in [4.78, 5) is 14.2. The fourth-order valence-electron chi connectivity index (χ4n) is 2.37. The van der Waals surface area contributed by atoms with E-state index in [4.69, 9.17) is 4.74 Å². The van der Waals surface area contributed by atoms with Crippen LogP contribution in [0.1, 0.15) is 31.7 Å². The fourth-order valence-corrected chi connectivity index (χ4v) is 2.37. The van der Waals surface area contributed by atoms with Gasteiger partial charge in [0.2, 0.25) is 5.91 Å². The Hall–Kier alpha value is -1.55. The van der Waals surface area contributed by atoms with Crippen LogP contribution in [0.4, 0.5) is 0 Å². The maximum absolute atomic E-state index is 12.1. The number of amides is 1. The number of likely N-dealkylation sites (N-methyl/N-ethyl adjacent to an activating group) is 1. The normalized spacial score (nSPS) is 12.5. The first-order valence-corrected chi connectivity index (χ1v) is 7.50. The standard InChI is InChI=1S/C17H28N2O2/c1-13(2)15(12-17(20)18-10-11-19(3)4)14-8-6-7-9-16(14)21-5/h6-9,13,15H,10-12H2,1-5H3,(H,18,20)/t15-/m0/s1. The van der Waals surface area contributed by atoms with E-state index in [2.05, 4.69) is 30.1 Å². The van der Waals surface area contributed by atoms with Crippen LogP contribution in [0.25, 0.3) is 0 Å². The summed E-state index contributed by atoms with van der Waals surface area (Å²) >= 11 is 0. The molecule has 0 bridgehead atoms. The molecule has 1 N–H and O–H groups in total. The van der Waals surface area contributed by atoms with Crippen LogP contribution in [0, 0.1) is 5.92 Å². The third-order valence-corrected chi connectivity index (χ3v) is 3.63. The Labute approximate surface area is 128 Å². The maximum Gasteiger partial charge on any atom is 0.220 e. The molecule has 0 unspecified atom stereocenters. The summed E-state index contributed by atoms with van der Waals surface area (Å²) in [5.41, 5.74) is 1.11. The number of hydrogen-bond acceptors (Lipinski definition) is 3. The first-order valence-electron chi connectivity index (χ1n) is 7.50. The monoisotopic (exact) mass is 292 g/mol. The van der Waals surface area contributed by atoms with E-state index < -0.39 is 0 Å². The molecular weight excluding hydrogens is 264 g/mol. The van der Waals surface area contributed by atoms with E-state index in [0.29, 0.717) is 18.9 Å². The maximum atomic E-state index is 12.1. The van der Waals surface area contributed by atoms with Crippen LogP contribution in [0.3, 0.4) is 0 Å². The van der Waals surface area contributed by atoms with Gasteiger partial charge in [-0.3, -0.25) is 4.79 Å². The summed E-state index contributed by atoms with van der Waals surface area (Å²) in [6.07, 6.45) is 0.492. The van der Waals surface area contributed by atoms with Crippen molar-refractivity contribution in [1.82, 2.24) is 10.2 Å². The second kappa shape index (κ2) is 8.67. The van der Waals surface area contributed by atoms with Crippen LogP contribution in [-0.2, 0) is 4.79 Å². The Kier molecular flexibility index (Phi) is 7.23. The van der Waals surface area contributed by atoms with Gasteiger partial charge in [0.15, 0.2) is 0 Å². The number of carbonyl (C=O) groups is 1. The molecule has 0 aliphatic heterocycles. The molecule has 1 rings (SSSR count). The molecule has 0 saturated heterocycles. The zero-order valence-corrected chi connectivity index (χ0v) is 13.8. The largest absolute Gasteiger partial charge is 0.496 e. The topological polar surface area (TPSA) is 41.6 Å². The molecule has 0 radical (unpaired) electrons. The molecule has 21 heavy (non-hydrogen) atoms. The first kappa shape index (κ1) is 17.5. The highest BCUT2D eigenvalue weighted by atomic mass is 16.5. The van der Waals surface area contributed by atoms with E-state index in [9.17, 15) is 4.79 Å². The van der Waals surface area contributed by atoms with E-state index in [-0.39, 0.29) is 11.8 Å². The number of methoxy groups -OCH3 is 1. The quantitative estimate of drug-likeness (QED) is 0.800. The molecule has 4 heteroatoms. The van der Waals surface area contributed by atoms with Crippen molar-refractivity contribution in [3.05, 3.63) is 29.8 Å². The molecular formula is C17H28N2O2. The third-order valence-electron chi connectivity index (χ3n) is 3.63. The number of carbonyl (C=O) groups excluding carboxylic acids is 1. The fraction of sp³-hybridized carbons (Fsp3) is 0.588. The lowest BCUT2D eigenvalue weighted by molar-refractivity contribution is -0.121. The molecule has 0 fully saturated rings. The van der Waals surface area contributed by atoms with Gasteiger partial charge in [-0.25, -0.2) is 0 Å². The lowest BCUT2D eigenvalue weighted by atomic mass is 9.85. The third kappa shape index (κ3) is 5.76. The molecule has 118 valence electrons. The molecule has 0 aromatic heterocycles. The number of benzene rings is 1. The minimum Gasteiger partial charge on any atom is -0.496 e. The van der Waals surface area contributed by atoms with Gasteiger partial charge in [0.1, 0.15) is 5.75 Å². The van der Waals surface area contributed by atoms with Crippen molar-refractivity contribution in [2.75, 3.05) is 34.3 Å². The average Bonchev–Trinajstić information content (AvgIpc) is 2.44. The van der Waals surface area contributed by atoms with Crippen LogP contribution >= 0.6 is 0 Å². The summed E-state index contributed by atoms with van der Waals surface area (Å²) in [5, 5.41) is 2.99. The summed E-state index contributed by atoms with van der Waals surface area (Å²) in [7, 11) is 5.67. The van der Waals surface area contributed by atoms with E-state index in [1.54, 1.807) is 7.11 Å². The predicted molar refractivity (Wildman–Crippen MR) is 86.8 cm³/mol. The second-order valence-corrected chi connectivity index (χ2v) is 5.95. The van der Waals surface area contributed by atoms with Gasteiger partial charge in [0.05, 0.1) is 7.11 Å². The molecule has 0 aliphatic carbocycles. The molecule has 1 amide bonds. The number of hydrogen-bond donors (Lipinski definition) is 1. The van der Waals surface area contributed by atoms with Gasteiger partial charge in [0.25, 0.3) is 0 Å². The summed E-state index contributed by atoms with van der Waals surface area (Å²) in [5.74, 6) is 1.50. The number of nitrogens with one attached hydrogen (secondary N) is 1. The summed E-state index contributed by atoms with van der Waals surface area (Å²) < 4.78 is 5.43. The number of ether oxygens (including phenoxy) is 1. The smallest absolute Gasteiger partial charge is 0.220 e. The molecule has 1 atom stereocenters. The van der Waals surface area contributed by atoms with Crippen molar-refractivity contribution < 1.29 is 9.53 Å². The highest BCUT2D eigenvalue weighted by Crippen LogP contribution is 2.34. The molecule has 1 aromatic rings. The minimum absolute atomic E-state index is 0.0986. The molecule has 0 heterocycles. The van der Waals surface area contributed by atoms with Gasteiger partial charge >= 0.3 is 0 Å². The Morgan fingerprint density at radius 3 is 2.52 bits per heavy atom. The molecule has 1 aromatic carbocycles. The van der Waals surface area contributed by atoms with E-state index in [0.717, 1.165) is 17.9 Å². The molecule has 0 saturated carbocycles. The van der Waals surface area contributed by atoms with Gasteiger partial charge < -0.3 is 15.0 Å². The van der Waals surface area contributed by atoms with Crippen molar-refractivity contribution in [3.63, 3.8) is 0 Å². The highest BCUT2D eigenvalue weighted by molar-refractivity contribution is 5.77. The van der Waals surface area contributed by atoms with Crippen molar-refractivity contribution in [1.29, 1.82) is 0 Å². The van der Waals surface area contributed by atoms with Crippen LogP contribution in [0.5, 0.6) is 5.75 Å². The van der Waals surface area contributed by atoms with Crippen LogP contribution in [-0.4, -0.2) is 45.1 Å². The number of rotatable bonds is 8. The van der Waals surface area contributed by atoms with Gasteiger partial charge in [-0.15, -0.1) is 0 Å². The zero-order chi connectivity index (χ0) is 15.8. The van der Waals surface area contributed by atoms with Crippen molar-refractivity contribution in [2.24, 2.45) is 5.92 Å². The number of nitrogens with zero attached hydrogens (tertiary/aromatic N) is 1. The summed E-state index contributed by atoms with van der Waals surface area (Å²) in [6.45, 7) is 5.82. The minimum atomic E-state index is 0.0986. The Morgan fingerprint density at radius 1 is 1.29 bits per heavy atom. The van der Waals surface area contributed by atoms with E-state index >= 15 is 0 Å². The van der Waals surface area contributed by atoms with E-state index in [1.165, 1.54) is 0 Å². The lowest BCUT2D eigenvalue weighted by Crippen LogP contribution is -2.32. The van der Waals surface area contributed by atoms with E-state index in [1.807, 2.05) is 32.3 Å². The van der Waals surface area contributed by atoms with Gasteiger partial charge in [0, 0.05) is 19.5 Å². The number of para-hydroxylation sites is 1. The van der Waals surface area contributed by atoms with Crippen LogP contribution in [0.15, 0.2) is 24.3 Å². The van der Waals surface area contributed by atoms with Gasteiger partial charge in [-0.05, 0) is 37.6 Å². The van der Waals surface area contributed by atoms with Crippen LogP contribution in [0.2, 0.25) is 0 Å². The molecule has 4 nitrogen and oxygen atoms in total. The Morgan fingerprint density at radius 2 is 1.95 bits per heavy atom. The highest BCUT2D eigenvalue weighted by Gasteiger charge is 2.22. The van der Waals surface area contributed by atoms with Crippen molar-refractivity contribution in [3.8, 4) is 5.75 Å². The molecule has 0 spiro atoms. The first-order chi connectivity index (χ1) is 9.95. The SMILES string of the molecule is COc1ccccc1[C@@H](CC(=O)NCCN(C)C)C(C)C. The molecule has 0 aliphatic rings. The second-order valence-electron chi connectivity index (χ2n) is 5.95. The van der Waals surface area contributed by atoms with Crippen molar-refractivity contribution in [2.45, 2.75) is 26.2 Å². The lowest BCUT2D eigenvalue weighted by Gasteiger charge is -2.23. The van der Waals surface area contributed by atoms with Gasteiger partial charge in [-0.2, -0.15) is 0 Å². The predicted octanol–water partition coefficient (Wildman–Crippen LogP) is 2.50. The van der Waals surface area contributed by atoms with Crippen LogP contribution < -0.4 is 10.1 Å². The Bertz CT molecular complexity index is 444. The average molecular weight is 292 g/mol. The summed E-state index contributed by atoms with van der Waals surface area (Å²) in [6, 6.07) is 7.96.